The fourth-order valence-electron chi connectivity index (χ4n) is 2.96. The van der Waals surface area contributed by atoms with Crippen LogP contribution in [-0.4, -0.2) is 15.5 Å². The van der Waals surface area contributed by atoms with Crippen molar-refractivity contribution in [3.8, 4) is 11.1 Å². The number of nitrogens with one attached hydrogen (secondary N) is 1. The number of thiophene rings is 1. The number of benzene rings is 2. The number of amides is 1. The molecule has 27 heavy (non-hydrogen) atoms. The lowest BCUT2D eigenvalue weighted by Gasteiger charge is -2.08. The normalized spacial score (nSPS) is 10.9. The van der Waals surface area contributed by atoms with E-state index in [1.165, 1.54) is 22.2 Å². The first kappa shape index (κ1) is 17.2. The fraction of sp³-hybridized carbons (Fsp3) is 0.0952. The average Bonchev–Trinajstić information content (AvgIpc) is 3.09. The minimum absolute atomic E-state index is 0.0751. The highest BCUT2D eigenvalue weighted by atomic mass is 32.1. The Bertz CT molecular complexity index is 1180. The quantitative estimate of drug-likeness (QED) is 0.585. The minimum Gasteiger partial charge on any atom is -0.325 e. The molecule has 0 bridgehead atoms. The van der Waals surface area contributed by atoms with E-state index in [4.69, 9.17) is 0 Å². The second-order valence-corrected chi connectivity index (χ2v) is 7.17. The predicted octanol–water partition coefficient (Wildman–Crippen LogP) is 4.07. The molecular formula is C21H17N3O2S. The number of aryl methyl sites for hydroxylation is 1. The van der Waals surface area contributed by atoms with Gasteiger partial charge in [0.1, 0.15) is 11.2 Å². The number of rotatable bonds is 4. The third-order valence-corrected chi connectivity index (χ3v) is 5.20. The smallest absolute Gasteiger partial charge is 0.271 e. The Morgan fingerprint density at radius 1 is 1.15 bits per heavy atom. The molecule has 1 N–H and O–H groups in total. The van der Waals surface area contributed by atoms with Crippen molar-refractivity contribution in [1.29, 1.82) is 0 Å². The van der Waals surface area contributed by atoms with Gasteiger partial charge in [-0.1, -0.05) is 42.5 Å². The summed E-state index contributed by atoms with van der Waals surface area (Å²) in [7, 11) is 0. The second-order valence-electron chi connectivity index (χ2n) is 6.29. The summed E-state index contributed by atoms with van der Waals surface area (Å²) in [5.74, 6) is -0.260. The zero-order chi connectivity index (χ0) is 18.8. The summed E-state index contributed by atoms with van der Waals surface area (Å²) in [6.45, 7) is 1.88. The molecule has 0 saturated carbocycles. The predicted molar refractivity (Wildman–Crippen MR) is 109 cm³/mol. The topological polar surface area (TPSA) is 64.0 Å². The van der Waals surface area contributed by atoms with Crippen molar-refractivity contribution in [2.75, 3.05) is 5.32 Å². The first-order valence-electron chi connectivity index (χ1n) is 8.50. The van der Waals surface area contributed by atoms with Crippen molar-refractivity contribution in [2.24, 2.45) is 0 Å². The number of hydrogen-bond acceptors (Lipinski definition) is 4. The van der Waals surface area contributed by atoms with Gasteiger partial charge >= 0.3 is 0 Å². The molecule has 0 aliphatic carbocycles. The molecule has 0 radical (unpaired) electrons. The van der Waals surface area contributed by atoms with Crippen LogP contribution < -0.4 is 10.9 Å². The Kier molecular flexibility index (Phi) is 4.56. The lowest BCUT2D eigenvalue weighted by Crippen LogP contribution is -2.27. The van der Waals surface area contributed by atoms with Gasteiger partial charge in [0.25, 0.3) is 5.56 Å². The standard InChI is InChI=1S/C21H17N3O2S/c1-14-6-5-9-16(10-14)23-18(25)11-24-13-22-19-17(12-27-20(19)21(24)26)15-7-3-2-4-8-15/h2-10,12-13H,11H2,1H3,(H,23,25). The molecule has 6 heteroatoms. The molecule has 0 atom stereocenters. The number of fused-ring (bicyclic) bond motifs is 1. The van der Waals surface area contributed by atoms with Crippen LogP contribution in [0.1, 0.15) is 5.56 Å². The van der Waals surface area contributed by atoms with Crippen molar-refractivity contribution < 1.29 is 4.79 Å². The van der Waals surface area contributed by atoms with Gasteiger partial charge in [0.2, 0.25) is 5.91 Å². The van der Waals surface area contributed by atoms with E-state index in [-0.39, 0.29) is 18.0 Å². The third-order valence-electron chi connectivity index (χ3n) is 4.25. The summed E-state index contributed by atoms with van der Waals surface area (Å²) in [6, 6.07) is 17.4. The Hall–Kier alpha value is -3.25. The van der Waals surface area contributed by atoms with Crippen LogP contribution >= 0.6 is 11.3 Å². The molecule has 2 heterocycles. The van der Waals surface area contributed by atoms with Gasteiger partial charge in [-0.15, -0.1) is 11.3 Å². The number of hydrogen-bond donors (Lipinski definition) is 1. The van der Waals surface area contributed by atoms with Crippen LogP contribution in [0.25, 0.3) is 21.3 Å². The molecule has 4 aromatic rings. The van der Waals surface area contributed by atoms with Gasteiger partial charge in [0.15, 0.2) is 0 Å². The first-order valence-corrected chi connectivity index (χ1v) is 9.38. The zero-order valence-corrected chi connectivity index (χ0v) is 15.5. The van der Waals surface area contributed by atoms with Crippen molar-refractivity contribution in [3.05, 3.63) is 82.2 Å². The average molecular weight is 375 g/mol. The monoisotopic (exact) mass is 375 g/mol. The highest BCUT2D eigenvalue weighted by Gasteiger charge is 2.14. The van der Waals surface area contributed by atoms with Crippen LogP contribution in [-0.2, 0) is 11.3 Å². The Morgan fingerprint density at radius 3 is 2.74 bits per heavy atom. The number of carbonyl (C=O) groups excluding carboxylic acids is 1. The van der Waals surface area contributed by atoms with E-state index < -0.39 is 0 Å². The van der Waals surface area contributed by atoms with E-state index in [0.29, 0.717) is 15.9 Å². The van der Waals surface area contributed by atoms with Gasteiger partial charge in [-0.25, -0.2) is 4.98 Å². The maximum Gasteiger partial charge on any atom is 0.271 e. The van der Waals surface area contributed by atoms with E-state index in [1.807, 2.05) is 66.9 Å². The summed E-state index contributed by atoms with van der Waals surface area (Å²) in [4.78, 5) is 29.5. The van der Waals surface area contributed by atoms with Gasteiger partial charge in [-0.3, -0.25) is 14.2 Å². The summed E-state index contributed by atoms with van der Waals surface area (Å²) >= 11 is 1.36. The minimum atomic E-state index is -0.260. The first-order chi connectivity index (χ1) is 13.1. The van der Waals surface area contributed by atoms with Crippen LogP contribution in [0.4, 0.5) is 5.69 Å². The number of nitrogens with zero attached hydrogens (tertiary/aromatic N) is 2. The van der Waals surface area contributed by atoms with Crippen LogP contribution in [0.2, 0.25) is 0 Å². The van der Waals surface area contributed by atoms with Crippen LogP contribution in [0.5, 0.6) is 0 Å². The van der Waals surface area contributed by atoms with E-state index >= 15 is 0 Å². The molecular weight excluding hydrogens is 358 g/mol. The number of anilines is 1. The van der Waals surface area contributed by atoms with E-state index in [1.54, 1.807) is 0 Å². The maximum atomic E-state index is 12.8. The summed E-state index contributed by atoms with van der Waals surface area (Å²) < 4.78 is 1.90. The van der Waals surface area contributed by atoms with E-state index in [2.05, 4.69) is 10.3 Å². The molecule has 2 aromatic heterocycles. The molecule has 0 unspecified atom stereocenters. The Balaban J connectivity index is 1.61. The molecule has 0 aliphatic heterocycles. The number of carbonyl (C=O) groups is 1. The highest BCUT2D eigenvalue weighted by Crippen LogP contribution is 2.30. The second kappa shape index (κ2) is 7.17. The van der Waals surface area contributed by atoms with Gasteiger partial charge in [0.05, 0.1) is 11.8 Å². The lowest BCUT2D eigenvalue weighted by molar-refractivity contribution is -0.116. The molecule has 0 fully saturated rings. The maximum absolute atomic E-state index is 12.8. The molecule has 0 aliphatic rings. The molecule has 5 nitrogen and oxygen atoms in total. The summed E-state index contributed by atoms with van der Waals surface area (Å²) in [5.41, 5.74) is 4.19. The van der Waals surface area contributed by atoms with Crippen LogP contribution in [0.15, 0.2) is 71.1 Å². The zero-order valence-electron chi connectivity index (χ0n) is 14.7. The van der Waals surface area contributed by atoms with Gasteiger partial charge < -0.3 is 5.32 Å². The highest BCUT2D eigenvalue weighted by molar-refractivity contribution is 7.17. The Morgan fingerprint density at radius 2 is 1.96 bits per heavy atom. The van der Waals surface area contributed by atoms with E-state index in [9.17, 15) is 9.59 Å². The molecule has 2 aromatic carbocycles. The van der Waals surface area contributed by atoms with Crippen LogP contribution in [0, 0.1) is 6.92 Å². The van der Waals surface area contributed by atoms with E-state index in [0.717, 1.165) is 16.7 Å². The van der Waals surface area contributed by atoms with Crippen molar-refractivity contribution in [1.82, 2.24) is 9.55 Å². The molecule has 1 amide bonds. The van der Waals surface area contributed by atoms with Gasteiger partial charge in [-0.2, -0.15) is 0 Å². The van der Waals surface area contributed by atoms with Gasteiger partial charge in [0, 0.05) is 16.6 Å². The number of aromatic nitrogens is 2. The molecule has 0 spiro atoms. The largest absolute Gasteiger partial charge is 0.325 e. The molecule has 4 rings (SSSR count). The van der Waals surface area contributed by atoms with Crippen molar-refractivity contribution in [3.63, 3.8) is 0 Å². The van der Waals surface area contributed by atoms with Crippen molar-refractivity contribution in [2.45, 2.75) is 13.5 Å². The van der Waals surface area contributed by atoms with Crippen molar-refractivity contribution >= 4 is 33.1 Å². The molecule has 0 saturated heterocycles. The fourth-order valence-corrected chi connectivity index (χ4v) is 3.93. The van der Waals surface area contributed by atoms with Crippen LogP contribution in [0.3, 0.4) is 0 Å². The molecule has 134 valence electrons. The Labute approximate surface area is 159 Å². The summed E-state index contributed by atoms with van der Waals surface area (Å²) in [6.07, 6.45) is 1.44. The third kappa shape index (κ3) is 3.52. The SMILES string of the molecule is Cc1cccc(NC(=O)Cn2cnc3c(-c4ccccc4)csc3c2=O)c1. The lowest BCUT2D eigenvalue weighted by atomic mass is 10.1. The van der Waals surface area contributed by atoms with Gasteiger partial charge in [-0.05, 0) is 30.2 Å². The summed E-state index contributed by atoms with van der Waals surface area (Å²) in [5, 5.41) is 4.75.